The Morgan fingerprint density at radius 2 is 1.91 bits per heavy atom. The normalized spacial score (nSPS) is 12.0. The molecular formula is C17H18BrF2N2O+. The topological polar surface area (TPSA) is 45.7 Å². The van der Waals surface area contributed by atoms with Gasteiger partial charge in [-0.3, -0.25) is 4.79 Å². The number of rotatable bonds is 6. The highest BCUT2D eigenvalue weighted by atomic mass is 79.9. The molecule has 0 saturated heterocycles. The average Bonchev–Trinajstić information content (AvgIpc) is 2.52. The quantitative estimate of drug-likeness (QED) is 0.788. The fourth-order valence-electron chi connectivity index (χ4n) is 2.29. The molecule has 0 bridgehead atoms. The van der Waals surface area contributed by atoms with Crippen molar-refractivity contribution in [2.45, 2.75) is 19.4 Å². The molecule has 6 heteroatoms. The third kappa shape index (κ3) is 5.11. The molecule has 0 unspecified atom stereocenters. The Hall–Kier alpha value is -1.79. The zero-order chi connectivity index (χ0) is 16.8. The van der Waals surface area contributed by atoms with Crippen LogP contribution in [0.4, 0.5) is 14.5 Å². The summed E-state index contributed by atoms with van der Waals surface area (Å²) in [6.07, 6.45) is 0.861. The van der Waals surface area contributed by atoms with Crippen molar-refractivity contribution < 1.29 is 18.9 Å². The summed E-state index contributed by atoms with van der Waals surface area (Å²) in [6.45, 7) is 2.20. The van der Waals surface area contributed by atoms with Gasteiger partial charge in [0.05, 0.1) is 5.69 Å². The van der Waals surface area contributed by atoms with Gasteiger partial charge in [0.2, 0.25) is 0 Å². The molecule has 0 fully saturated rings. The van der Waals surface area contributed by atoms with Crippen LogP contribution in [0.3, 0.4) is 0 Å². The number of amides is 1. The number of nitrogens with one attached hydrogen (secondary N) is 1. The minimum atomic E-state index is -0.779. The Morgan fingerprint density at radius 3 is 2.52 bits per heavy atom. The number of carbonyl (C=O) groups excluding carboxylic acids is 1. The standard InChI is InChI=1S/C17H17BrF2N2O/c1-2-15(11-3-5-12(18)6-4-11)21-10-17(23)22-16-8-7-13(19)9-14(16)20/h3-9,15,21H,2,10H2,1H3,(H,22,23)/p+1/t15-/m1/s1. The van der Waals surface area contributed by atoms with Gasteiger partial charge in [0.1, 0.15) is 17.7 Å². The van der Waals surface area contributed by atoms with E-state index in [2.05, 4.69) is 21.2 Å². The summed E-state index contributed by atoms with van der Waals surface area (Å²) in [7, 11) is 0. The van der Waals surface area contributed by atoms with Gasteiger partial charge in [0, 0.05) is 22.5 Å². The van der Waals surface area contributed by atoms with E-state index >= 15 is 0 Å². The molecule has 1 amide bonds. The molecule has 2 aromatic carbocycles. The molecule has 122 valence electrons. The zero-order valence-electron chi connectivity index (χ0n) is 12.7. The molecule has 2 aromatic rings. The SMILES string of the molecule is CC[C@@H]([NH2+]CC(=O)Nc1ccc(F)cc1F)c1ccc(Br)cc1. The Balaban J connectivity index is 1.93. The molecule has 3 N–H and O–H groups in total. The van der Waals surface area contributed by atoms with E-state index in [9.17, 15) is 13.6 Å². The molecule has 0 aliphatic carbocycles. The van der Waals surface area contributed by atoms with E-state index in [0.29, 0.717) is 0 Å². The van der Waals surface area contributed by atoms with Gasteiger partial charge in [-0.05, 0) is 24.3 Å². The molecule has 0 spiro atoms. The number of halogens is 3. The maximum Gasteiger partial charge on any atom is 0.279 e. The monoisotopic (exact) mass is 383 g/mol. The minimum Gasteiger partial charge on any atom is -0.332 e. The van der Waals surface area contributed by atoms with Crippen molar-refractivity contribution in [1.29, 1.82) is 0 Å². The molecule has 0 radical (unpaired) electrons. The van der Waals surface area contributed by atoms with Crippen molar-refractivity contribution >= 4 is 27.5 Å². The Morgan fingerprint density at radius 1 is 1.22 bits per heavy atom. The lowest BCUT2D eigenvalue weighted by molar-refractivity contribution is -0.686. The molecule has 23 heavy (non-hydrogen) atoms. The van der Waals surface area contributed by atoms with E-state index in [1.165, 1.54) is 6.07 Å². The van der Waals surface area contributed by atoms with Gasteiger partial charge in [-0.1, -0.05) is 35.0 Å². The third-order valence-corrected chi connectivity index (χ3v) is 4.06. The first-order valence-corrected chi connectivity index (χ1v) is 8.12. The van der Waals surface area contributed by atoms with Gasteiger partial charge in [-0.25, -0.2) is 8.78 Å². The third-order valence-electron chi connectivity index (χ3n) is 3.53. The number of hydrogen-bond donors (Lipinski definition) is 2. The Labute approximate surface area is 142 Å². The zero-order valence-corrected chi connectivity index (χ0v) is 14.2. The average molecular weight is 384 g/mol. The lowest BCUT2D eigenvalue weighted by Crippen LogP contribution is -2.87. The summed E-state index contributed by atoms with van der Waals surface area (Å²) < 4.78 is 27.3. The maximum absolute atomic E-state index is 13.5. The van der Waals surface area contributed by atoms with Crippen LogP contribution in [0.5, 0.6) is 0 Å². The van der Waals surface area contributed by atoms with Crippen LogP contribution in [0.15, 0.2) is 46.9 Å². The minimum absolute atomic E-state index is 0.0125. The maximum atomic E-state index is 13.5. The molecule has 0 heterocycles. The number of quaternary nitrogens is 1. The van der Waals surface area contributed by atoms with Gasteiger partial charge in [0.15, 0.2) is 6.54 Å². The highest BCUT2D eigenvalue weighted by molar-refractivity contribution is 9.10. The van der Waals surface area contributed by atoms with E-state index in [-0.39, 0.29) is 24.2 Å². The van der Waals surface area contributed by atoms with Crippen molar-refractivity contribution in [1.82, 2.24) is 0 Å². The summed E-state index contributed by atoms with van der Waals surface area (Å²) >= 11 is 3.39. The lowest BCUT2D eigenvalue weighted by Gasteiger charge is -2.14. The van der Waals surface area contributed by atoms with E-state index in [1.54, 1.807) is 0 Å². The summed E-state index contributed by atoms with van der Waals surface area (Å²) in [5.74, 6) is -1.78. The van der Waals surface area contributed by atoms with Crippen LogP contribution < -0.4 is 10.6 Å². The van der Waals surface area contributed by atoms with Crippen LogP contribution in [0, 0.1) is 11.6 Å². The number of anilines is 1. The first-order valence-electron chi connectivity index (χ1n) is 7.33. The summed E-state index contributed by atoms with van der Waals surface area (Å²) in [5, 5.41) is 4.36. The second-order valence-corrected chi connectivity index (χ2v) is 6.09. The van der Waals surface area contributed by atoms with Crippen LogP contribution in [0.25, 0.3) is 0 Å². The summed E-state index contributed by atoms with van der Waals surface area (Å²) in [4.78, 5) is 11.9. The molecule has 0 aliphatic heterocycles. The summed E-state index contributed by atoms with van der Waals surface area (Å²) in [6, 6.07) is 11.1. The van der Waals surface area contributed by atoms with Crippen molar-refractivity contribution in [3.63, 3.8) is 0 Å². The van der Waals surface area contributed by atoms with Gasteiger partial charge in [0.25, 0.3) is 5.91 Å². The second-order valence-electron chi connectivity index (χ2n) is 5.18. The molecule has 2 rings (SSSR count). The first-order chi connectivity index (χ1) is 11.0. The van der Waals surface area contributed by atoms with Crippen LogP contribution in [0.1, 0.15) is 24.9 Å². The number of nitrogens with two attached hydrogens (primary N) is 1. The number of benzene rings is 2. The van der Waals surface area contributed by atoms with Gasteiger partial charge in [-0.15, -0.1) is 0 Å². The predicted molar refractivity (Wildman–Crippen MR) is 89.0 cm³/mol. The van der Waals surface area contributed by atoms with Crippen LogP contribution in [-0.4, -0.2) is 12.5 Å². The van der Waals surface area contributed by atoms with Crippen LogP contribution in [-0.2, 0) is 4.79 Å². The molecular weight excluding hydrogens is 366 g/mol. The Bertz CT molecular complexity index is 677. The fourth-order valence-corrected chi connectivity index (χ4v) is 2.55. The lowest BCUT2D eigenvalue weighted by atomic mass is 10.0. The van der Waals surface area contributed by atoms with Crippen molar-refractivity contribution in [2.75, 3.05) is 11.9 Å². The largest absolute Gasteiger partial charge is 0.332 e. The predicted octanol–water partition coefficient (Wildman–Crippen LogP) is 3.38. The van der Waals surface area contributed by atoms with Crippen LogP contribution >= 0.6 is 15.9 Å². The molecule has 0 saturated carbocycles. The summed E-state index contributed by atoms with van der Waals surface area (Å²) in [5.41, 5.74) is 1.11. The van der Waals surface area contributed by atoms with E-state index in [1.807, 2.05) is 36.5 Å². The van der Waals surface area contributed by atoms with Crippen molar-refractivity contribution in [3.05, 3.63) is 64.1 Å². The van der Waals surface area contributed by atoms with E-state index in [4.69, 9.17) is 0 Å². The van der Waals surface area contributed by atoms with Crippen molar-refractivity contribution in [3.8, 4) is 0 Å². The highest BCUT2D eigenvalue weighted by Gasteiger charge is 2.15. The molecule has 3 nitrogen and oxygen atoms in total. The van der Waals surface area contributed by atoms with E-state index < -0.39 is 11.6 Å². The number of carbonyl (C=O) groups is 1. The fraction of sp³-hybridized carbons (Fsp3) is 0.235. The van der Waals surface area contributed by atoms with Gasteiger partial charge >= 0.3 is 0 Å². The second kappa shape index (κ2) is 8.17. The number of hydrogen-bond acceptors (Lipinski definition) is 1. The molecule has 0 aliphatic rings. The van der Waals surface area contributed by atoms with Crippen molar-refractivity contribution in [2.24, 2.45) is 0 Å². The van der Waals surface area contributed by atoms with Gasteiger partial charge in [-0.2, -0.15) is 0 Å². The Kier molecular flexibility index (Phi) is 6.24. The van der Waals surface area contributed by atoms with E-state index in [0.717, 1.165) is 28.6 Å². The van der Waals surface area contributed by atoms with Gasteiger partial charge < -0.3 is 10.6 Å². The first kappa shape index (κ1) is 17.6. The smallest absolute Gasteiger partial charge is 0.279 e. The van der Waals surface area contributed by atoms with Crippen LogP contribution in [0.2, 0.25) is 0 Å². The molecule has 1 atom stereocenters. The molecule has 0 aromatic heterocycles. The highest BCUT2D eigenvalue weighted by Crippen LogP contribution is 2.17.